The molecule has 1 aromatic heterocycles. The number of nitrogens with zero attached hydrogens (tertiary/aromatic N) is 2. The number of halogens is 1. The van der Waals surface area contributed by atoms with Gasteiger partial charge < -0.3 is 10.5 Å². The third kappa shape index (κ3) is 2.42. The Morgan fingerprint density at radius 1 is 1.35 bits per heavy atom. The summed E-state index contributed by atoms with van der Waals surface area (Å²) in [5.74, 6) is 1.81. The van der Waals surface area contributed by atoms with Gasteiger partial charge in [-0.15, -0.1) is 0 Å². The monoisotopic (exact) mass is 337 g/mol. The second-order valence-electron chi connectivity index (χ2n) is 5.24. The summed E-state index contributed by atoms with van der Waals surface area (Å²) in [6, 6.07) is 4.24. The van der Waals surface area contributed by atoms with Gasteiger partial charge in [-0.25, -0.2) is 0 Å². The van der Waals surface area contributed by atoms with E-state index in [4.69, 9.17) is 10.5 Å². The number of benzene rings is 1. The van der Waals surface area contributed by atoms with E-state index in [-0.39, 0.29) is 0 Å². The van der Waals surface area contributed by atoms with Crippen LogP contribution in [-0.2, 0) is 7.05 Å². The minimum absolute atomic E-state index is 0.383. The molecule has 0 radical (unpaired) electrons. The number of nitrogen functional groups attached to an aromatic ring is 1. The molecule has 2 aromatic rings. The number of anilines is 1. The third-order valence-corrected chi connectivity index (χ3v) is 4.25. The minimum Gasteiger partial charge on any atom is -0.496 e. The van der Waals surface area contributed by atoms with Crippen molar-refractivity contribution < 1.29 is 4.74 Å². The first-order valence-electron chi connectivity index (χ1n) is 6.53. The van der Waals surface area contributed by atoms with Gasteiger partial charge in [0.1, 0.15) is 5.75 Å². The molecule has 0 aliphatic heterocycles. The zero-order valence-corrected chi connectivity index (χ0v) is 14.1. The Balaban J connectivity index is 2.71. The number of aromatic nitrogens is 2. The molecule has 0 aliphatic carbocycles. The van der Waals surface area contributed by atoms with E-state index in [0.29, 0.717) is 11.7 Å². The second kappa shape index (κ2) is 5.48. The van der Waals surface area contributed by atoms with Crippen LogP contribution in [0.1, 0.15) is 30.9 Å². The lowest BCUT2D eigenvalue weighted by Gasteiger charge is -2.16. The van der Waals surface area contributed by atoms with E-state index in [0.717, 1.165) is 27.0 Å². The van der Waals surface area contributed by atoms with Crippen LogP contribution in [0.15, 0.2) is 16.6 Å². The molecular formula is C15H20BrN3O. The molecule has 0 amide bonds. The van der Waals surface area contributed by atoms with Gasteiger partial charge in [-0.3, -0.25) is 4.68 Å². The number of nitrogens with two attached hydrogens (primary N) is 1. The van der Waals surface area contributed by atoms with E-state index < -0.39 is 0 Å². The van der Waals surface area contributed by atoms with Crippen molar-refractivity contribution in [3.63, 3.8) is 0 Å². The molecule has 20 heavy (non-hydrogen) atoms. The number of rotatable bonds is 3. The molecule has 4 nitrogen and oxygen atoms in total. The van der Waals surface area contributed by atoms with Crippen LogP contribution in [0.3, 0.4) is 0 Å². The summed E-state index contributed by atoms with van der Waals surface area (Å²) in [7, 11) is 3.60. The van der Waals surface area contributed by atoms with Crippen molar-refractivity contribution in [3.05, 3.63) is 27.7 Å². The summed E-state index contributed by atoms with van der Waals surface area (Å²) < 4.78 is 8.13. The maximum absolute atomic E-state index is 5.88. The fraction of sp³-hybridized carbons (Fsp3) is 0.400. The Morgan fingerprint density at radius 3 is 2.45 bits per heavy atom. The topological polar surface area (TPSA) is 53.1 Å². The first kappa shape index (κ1) is 14.9. The quantitative estimate of drug-likeness (QED) is 0.924. The van der Waals surface area contributed by atoms with Crippen molar-refractivity contribution in [1.29, 1.82) is 0 Å². The summed E-state index contributed by atoms with van der Waals surface area (Å²) in [5.41, 5.74) is 10.3. The zero-order chi connectivity index (χ0) is 15.0. The fourth-order valence-electron chi connectivity index (χ4n) is 2.39. The van der Waals surface area contributed by atoms with Crippen LogP contribution in [0.2, 0.25) is 0 Å². The Kier molecular flexibility index (Phi) is 4.09. The largest absolute Gasteiger partial charge is 0.496 e. The summed E-state index contributed by atoms with van der Waals surface area (Å²) in [4.78, 5) is 0. The number of hydrogen-bond donors (Lipinski definition) is 1. The minimum atomic E-state index is 0.383. The Labute approximate surface area is 128 Å². The molecule has 2 rings (SSSR count). The van der Waals surface area contributed by atoms with Gasteiger partial charge in [0, 0.05) is 12.6 Å². The first-order valence-corrected chi connectivity index (χ1v) is 7.33. The smallest absolute Gasteiger partial charge is 0.160 e. The molecule has 1 heterocycles. The SMILES string of the molecule is COc1cc(C)c(-c2c(Br)c(N)nn2C)cc1C(C)C. The molecule has 0 spiro atoms. The molecule has 0 bridgehead atoms. The standard InChI is InChI=1S/C15H20BrN3O/c1-8(2)10-7-11(9(3)6-12(10)20-5)14-13(16)15(17)18-19(14)4/h6-8H,1-5H3,(H2,17,18). The van der Waals surface area contributed by atoms with Crippen LogP contribution in [0.4, 0.5) is 5.82 Å². The molecule has 5 heteroatoms. The van der Waals surface area contributed by atoms with Gasteiger partial charge in [-0.1, -0.05) is 13.8 Å². The highest BCUT2D eigenvalue weighted by Gasteiger charge is 2.18. The van der Waals surface area contributed by atoms with E-state index in [2.05, 4.69) is 53.9 Å². The van der Waals surface area contributed by atoms with E-state index in [9.17, 15) is 0 Å². The number of aryl methyl sites for hydroxylation is 2. The highest BCUT2D eigenvalue weighted by atomic mass is 79.9. The van der Waals surface area contributed by atoms with Crippen molar-refractivity contribution in [1.82, 2.24) is 9.78 Å². The third-order valence-electron chi connectivity index (χ3n) is 3.47. The molecule has 2 N–H and O–H groups in total. The summed E-state index contributed by atoms with van der Waals surface area (Å²) in [5, 5.41) is 4.26. The second-order valence-corrected chi connectivity index (χ2v) is 6.03. The van der Waals surface area contributed by atoms with Gasteiger partial charge in [-0.05, 0) is 52.0 Å². The lowest BCUT2D eigenvalue weighted by Crippen LogP contribution is -2.00. The highest BCUT2D eigenvalue weighted by molar-refractivity contribution is 9.10. The summed E-state index contributed by atoms with van der Waals surface area (Å²) in [6.45, 7) is 6.38. The average molecular weight is 338 g/mol. The van der Waals surface area contributed by atoms with E-state index >= 15 is 0 Å². The molecule has 0 saturated heterocycles. The molecule has 0 fully saturated rings. The van der Waals surface area contributed by atoms with E-state index in [1.807, 2.05) is 7.05 Å². The molecular weight excluding hydrogens is 318 g/mol. The van der Waals surface area contributed by atoms with Crippen molar-refractivity contribution in [2.75, 3.05) is 12.8 Å². The maximum atomic E-state index is 5.88. The van der Waals surface area contributed by atoms with Gasteiger partial charge in [0.15, 0.2) is 5.82 Å². The van der Waals surface area contributed by atoms with Crippen LogP contribution in [0.25, 0.3) is 11.3 Å². The van der Waals surface area contributed by atoms with Crippen LogP contribution >= 0.6 is 15.9 Å². The van der Waals surface area contributed by atoms with Crippen LogP contribution in [0, 0.1) is 6.92 Å². The maximum Gasteiger partial charge on any atom is 0.160 e. The molecule has 0 unspecified atom stereocenters. The van der Waals surface area contributed by atoms with Crippen LogP contribution in [0.5, 0.6) is 5.75 Å². The predicted octanol–water partition coefficient (Wildman–Crippen LogP) is 3.87. The first-order chi connectivity index (χ1) is 9.36. The molecule has 0 aliphatic rings. The summed E-state index contributed by atoms with van der Waals surface area (Å²) >= 11 is 3.53. The van der Waals surface area contributed by atoms with Crippen molar-refractivity contribution >= 4 is 21.7 Å². The Morgan fingerprint density at radius 2 is 2.00 bits per heavy atom. The number of hydrogen-bond acceptors (Lipinski definition) is 3. The highest BCUT2D eigenvalue weighted by Crippen LogP contribution is 2.38. The Bertz CT molecular complexity index is 647. The van der Waals surface area contributed by atoms with E-state index in [1.54, 1.807) is 11.8 Å². The van der Waals surface area contributed by atoms with Gasteiger partial charge in [0.05, 0.1) is 17.3 Å². The van der Waals surface area contributed by atoms with Crippen LogP contribution in [-0.4, -0.2) is 16.9 Å². The lowest BCUT2D eigenvalue weighted by atomic mass is 9.95. The van der Waals surface area contributed by atoms with Gasteiger partial charge in [0.25, 0.3) is 0 Å². The predicted molar refractivity (Wildman–Crippen MR) is 86.1 cm³/mol. The van der Waals surface area contributed by atoms with Gasteiger partial charge >= 0.3 is 0 Å². The van der Waals surface area contributed by atoms with Crippen molar-refractivity contribution in [2.24, 2.45) is 7.05 Å². The molecule has 1 aromatic carbocycles. The summed E-state index contributed by atoms with van der Waals surface area (Å²) in [6.07, 6.45) is 0. The zero-order valence-electron chi connectivity index (χ0n) is 12.5. The molecule has 108 valence electrons. The number of methoxy groups -OCH3 is 1. The Hall–Kier alpha value is -1.49. The average Bonchev–Trinajstić information content (AvgIpc) is 2.63. The molecule has 0 saturated carbocycles. The van der Waals surface area contributed by atoms with Crippen molar-refractivity contribution in [2.45, 2.75) is 26.7 Å². The van der Waals surface area contributed by atoms with Gasteiger partial charge in [0.2, 0.25) is 0 Å². The van der Waals surface area contributed by atoms with Gasteiger partial charge in [-0.2, -0.15) is 5.10 Å². The van der Waals surface area contributed by atoms with Crippen molar-refractivity contribution in [3.8, 4) is 17.0 Å². The normalized spacial score (nSPS) is 11.2. The van der Waals surface area contributed by atoms with Crippen LogP contribution < -0.4 is 10.5 Å². The lowest BCUT2D eigenvalue weighted by molar-refractivity contribution is 0.407. The fourth-order valence-corrected chi connectivity index (χ4v) is 2.94. The number of ether oxygens (including phenoxy) is 1. The molecule has 0 atom stereocenters. The van der Waals surface area contributed by atoms with E-state index in [1.165, 1.54) is 5.56 Å².